The van der Waals surface area contributed by atoms with E-state index in [1.165, 1.54) is 12.1 Å². The van der Waals surface area contributed by atoms with Crippen LogP contribution in [-0.4, -0.2) is 13.0 Å². The van der Waals surface area contributed by atoms with Crippen LogP contribution in [0.15, 0.2) is 46.9 Å². The first-order valence-electron chi connectivity index (χ1n) is 5.50. The summed E-state index contributed by atoms with van der Waals surface area (Å²) in [5, 5.41) is 2.68. The number of rotatable bonds is 3. The Morgan fingerprint density at radius 2 is 1.89 bits per heavy atom. The minimum Gasteiger partial charge on any atom is -0.497 e. The van der Waals surface area contributed by atoms with Gasteiger partial charge in [-0.1, -0.05) is 15.9 Å². The summed E-state index contributed by atoms with van der Waals surface area (Å²) in [6.45, 7) is 0. The van der Waals surface area contributed by atoms with Gasteiger partial charge in [0, 0.05) is 15.7 Å². The second kappa shape index (κ2) is 5.84. The number of anilines is 1. The molecule has 19 heavy (non-hydrogen) atoms. The molecule has 0 atom stereocenters. The summed E-state index contributed by atoms with van der Waals surface area (Å²) < 4.78 is 18.7. The molecule has 0 aliphatic carbocycles. The number of methoxy groups -OCH3 is 1. The maximum Gasteiger partial charge on any atom is 0.255 e. The zero-order valence-electron chi connectivity index (χ0n) is 10.1. The van der Waals surface area contributed by atoms with E-state index in [1.54, 1.807) is 37.4 Å². The SMILES string of the molecule is COc1ccc(NC(=O)c2cc(F)cc(Br)c2)cc1. The summed E-state index contributed by atoms with van der Waals surface area (Å²) in [5.74, 6) is -0.133. The summed E-state index contributed by atoms with van der Waals surface area (Å²) in [6.07, 6.45) is 0. The smallest absolute Gasteiger partial charge is 0.255 e. The third kappa shape index (κ3) is 3.54. The van der Waals surface area contributed by atoms with E-state index in [1.807, 2.05) is 0 Å². The van der Waals surface area contributed by atoms with Gasteiger partial charge in [-0.05, 0) is 42.5 Å². The van der Waals surface area contributed by atoms with Gasteiger partial charge < -0.3 is 10.1 Å². The molecule has 3 nitrogen and oxygen atoms in total. The highest BCUT2D eigenvalue weighted by Crippen LogP contribution is 2.18. The second-order valence-electron chi connectivity index (χ2n) is 3.84. The van der Waals surface area contributed by atoms with Crippen LogP contribution in [0.2, 0.25) is 0 Å². The van der Waals surface area contributed by atoms with Crippen molar-refractivity contribution >= 4 is 27.5 Å². The third-order valence-electron chi connectivity index (χ3n) is 2.47. The standard InChI is InChI=1S/C14H11BrFNO2/c1-19-13-4-2-12(3-5-13)17-14(18)9-6-10(15)8-11(16)7-9/h2-8H,1H3,(H,17,18). The van der Waals surface area contributed by atoms with Crippen LogP contribution in [0.4, 0.5) is 10.1 Å². The molecular weight excluding hydrogens is 313 g/mol. The monoisotopic (exact) mass is 323 g/mol. The summed E-state index contributed by atoms with van der Waals surface area (Å²) in [5.41, 5.74) is 0.869. The van der Waals surface area contributed by atoms with Crippen LogP contribution < -0.4 is 10.1 Å². The van der Waals surface area contributed by atoms with Crippen molar-refractivity contribution in [2.45, 2.75) is 0 Å². The highest BCUT2D eigenvalue weighted by molar-refractivity contribution is 9.10. The molecule has 0 bridgehead atoms. The lowest BCUT2D eigenvalue weighted by Gasteiger charge is -2.07. The van der Waals surface area contributed by atoms with E-state index in [0.29, 0.717) is 15.9 Å². The summed E-state index contributed by atoms with van der Waals surface area (Å²) in [7, 11) is 1.57. The van der Waals surface area contributed by atoms with E-state index in [4.69, 9.17) is 4.74 Å². The van der Waals surface area contributed by atoms with Crippen LogP contribution in [0.25, 0.3) is 0 Å². The summed E-state index contributed by atoms with van der Waals surface area (Å²) >= 11 is 3.15. The Balaban J connectivity index is 2.15. The molecule has 5 heteroatoms. The van der Waals surface area contributed by atoms with Gasteiger partial charge in [-0.15, -0.1) is 0 Å². The van der Waals surface area contributed by atoms with Crippen LogP contribution in [-0.2, 0) is 0 Å². The first-order valence-corrected chi connectivity index (χ1v) is 6.29. The molecule has 2 rings (SSSR count). The maximum atomic E-state index is 13.2. The number of amides is 1. The first-order chi connectivity index (χ1) is 9.08. The van der Waals surface area contributed by atoms with Crippen LogP contribution in [0.3, 0.4) is 0 Å². The Morgan fingerprint density at radius 3 is 2.47 bits per heavy atom. The topological polar surface area (TPSA) is 38.3 Å². The van der Waals surface area contributed by atoms with Gasteiger partial charge in [-0.25, -0.2) is 4.39 Å². The number of halogens is 2. The van der Waals surface area contributed by atoms with Gasteiger partial charge >= 0.3 is 0 Å². The molecule has 0 saturated carbocycles. The number of carbonyl (C=O) groups is 1. The van der Waals surface area contributed by atoms with Crippen molar-refractivity contribution < 1.29 is 13.9 Å². The number of hydrogen-bond acceptors (Lipinski definition) is 2. The average molecular weight is 324 g/mol. The molecule has 2 aromatic carbocycles. The van der Waals surface area contributed by atoms with E-state index >= 15 is 0 Å². The van der Waals surface area contributed by atoms with Crippen LogP contribution in [0, 0.1) is 5.82 Å². The molecule has 1 amide bonds. The van der Waals surface area contributed by atoms with Crippen LogP contribution in [0.1, 0.15) is 10.4 Å². The largest absolute Gasteiger partial charge is 0.497 e. The van der Waals surface area contributed by atoms with Gasteiger partial charge in [0.15, 0.2) is 0 Å². The van der Waals surface area contributed by atoms with E-state index in [9.17, 15) is 9.18 Å². The fraction of sp³-hybridized carbons (Fsp3) is 0.0714. The van der Waals surface area contributed by atoms with Crippen LogP contribution in [0.5, 0.6) is 5.75 Å². The van der Waals surface area contributed by atoms with E-state index < -0.39 is 5.82 Å². The Labute approximate surface area is 118 Å². The quantitative estimate of drug-likeness (QED) is 0.931. The molecule has 0 heterocycles. The third-order valence-corrected chi connectivity index (χ3v) is 2.93. The minimum absolute atomic E-state index is 0.252. The molecular formula is C14H11BrFNO2. The van der Waals surface area contributed by atoms with Crippen LogP contribution >= 0.6 is 15.9 Å². The molecule has 0 saturated heterocycles. The Hall–Kier alpha value is -1.88. The molecule has 0 spiro atoms. The van der Waals surface area contributed by atoms with E-state index in [0.717, 1.165) is 0 Å². The van der Waals surface area contributed by atoms with Crippen molar-refractivity contribution in [3.63, 3.8) is 0 Å². The number of nitrogens with one attached hydrogen (secondary N) is 1. The van der Waals surface area contributed by atoms with E-state index in [2.05, 4.69) is 21.2 Å². The van der Waals surface area contributed by atoms with Crippen molar-refractivity contribution in [1.82, 2.24) is 0 Å². The van der Waals surface area contributed by atoms with Gasteiger partial charge in [-0.3, -0.25) is 4.79 Å². The molecule has 0 aliphatic rings. The fourth-order valence-corrected chi connectivity index (χ4v) is 2.03. The average Bonchev–Trinajstić information content (AvgIpc) is 2.38. The number of carbonyl (C=O) groups excluding carboxylic acids is 1. The zero-order valence-corrected chi connectivity index (χ0v) is 11.7. The van der Waals surface area contributed by atoms with Gasteiger partial charge in [0.05, 0.1) is 7.11 Å². The molecule has 98 valence electrons. The van der Waals surface area contributed by atoms with Crippen molar-refractivity contribution in [1.29, 1.82) is 0 Å². The summed E-state index contributed by atoms with van der Waals surface area (Å²) in [6, 6.07) is 10.9. The zero-order chi connectivity index (χ0) is 13.8. The lowest BCUT2D eigenvalue weighted by atomic mass is 10.2. The minimum atomic E-state index is -0.464. The van der Waals surface area contributed by atoms with Gasteiger partial charge in [-0.2, -0.15) is 0 Å². The number of hydrogen-bond donors (Lipinski definition) is 1. The van der Waals surface area contributed by atoms with Gasteiger partial charge in [0.25, 0.3) is 5.91 Å². The highest BCUT2D eigenvalue weighted by Gasteiger charge is 2.08. The van der Waals surface area contributed by atoms with Crippen molar-refractivity contribution in [3.05, 3.63) is 58.3 Å². The molecule has 0 fully saturated rings. The Kier molecular flexibility index (Phi) is 4.16. The summed E-state index contributed by atoms with van der Waals surface area (Å²) in [4.78, 5) is 11.9. The molecule has 0 unspecified atom stereocenters. The maximum absolute atomic E-state index is 13.2. The normalized spacial score (nSPS) is 10.1. The van der Waals surface area contributed by atoms with Crippen molar-refractivity contribution in [3.8, 4) is 5.75 Å². The van der Waals surface area contributed by atoms with Gasteiger partial charge in [0.1, 0.15) is 11.6 Å². The number of ether oxygens (including phenoxy) is 1. The first kappa shape index (κ1) is 13.5. The van der Waals surface area contributed by atoms with E-state index in [-0.39, 0.29) is 11.5 Å². The predicted molar refractivity (Wildman–Crippen MR) is 75.0 cm³/mol. The molecule has 0 aromatic heterocycles. The molecule has 0 aliphatic heterocycles. The lowest BCUT2D eigenvalue weighted by molar-refractivity contribution is 0.102. The fourth-order valence-electron chi connectivity index (χ4n) is 1.56. The molecule has 2 aromatic rings. The second-order valence-corrected chi connectivity index (χ2v) is 4.76. The number of benzene rings is 2. The lowest BCUT2D eigenvalue weighted by Crippen LogP contribution is -2.12. The highest BCUT2D eigenvalue weighted by atomic mass is 79.9. The predicted octanol–water partition coefficient (Wildman–Crippen LogP) is 3.85. The Morgan fingerprint density at radius 1 is 1.21 bits per heavy atom. The van der Waals surface area contributed by atoms with Gasteiger partial charge in [0.2, 0.25) is 0 Å². The molecule has 1 N–H and O–H groups in total. The Bertz CT molecular complexity index is 579. The van der Waals surface area contributed by atoms with Crippen molar-refractivity contribution in [2.24, 2.45) is 0 Å². The molecule has 0 radical (unpaired) electrons. The van der Waals surface area contributed by atoms with Crippen molar-refractivity contribution in [2.75, 3.05) is 12.4 Å².